The van der Waals surface area contributed by atoms with E-state index in [1.165, 1.54) is 0 Å². The van der Waals surface area contributed by atoms with Crippen LogP contribution in [0.2, 0.25) is 0 Å². The Balaban J connectivity index is 1.83. The zero-order valence-electron chi connectivity index (χ0n) is 12.5. The number of nitrogens with zero attached hydrogens (tertiary/aromatic N) is 1. The number of ketones is 1. The van der Waals surface area contributed by atoms with Gasteiger partial charge in [-0.1, -0.05) is 0 Å². The molecule has 0 aromatic rings. The number of hydrogen-bond acceptors (Lipinski definition) is 3. The van der Waals surface area contributed by atoms with Gasteiger partial charge in [-0.25, -0.2) is 4.79 Å². The average Bonchev–Trinajstić information content (AvgIpc) is 2.24. The maximum atomic E-state index is 12.0. The van der Waals surface area contributed by atoms with Crippen molar-refractivity contribution in [1.29, 1.82) is 0 Å². The lowest BCUT2D eigenvalue weighted by Gasteiger charge is -2.52. The van der Waals surface area contributed by atoms with Gasteiger partial charge in [0.1, 0.15) is 11.4 Å². The van der Waals surface area contributed by atoms with Gasteiger partial charge < -0.3 is 9.64 Å². The van der Waals surface area contributed by atoms with Crippen LogP contribution in [0.1, 0.15) is 59.3 Å². The maximum absolute atomic E-state index is 12.0. The molecule has 19 heavy (non-hydrogen) atoms. The van der Waals surface area contributed by atoms with Crippen molar-refractivity contribution < 1.29 is 14.3 Å². The van der Waals surface area contributed by atoms with Crippen LogP contribution in [0.15, 0.2) is 0 Å². The van der Waals surface area contributed by atoms with Crippen LogP contribution in [0.3, 0.4) is 0 Å². The van der Waals surface area contributed by atoms with Gasteiger partial charge in [-0.05, 0) is 51.9 Å². The van der Waals surface area contributed by atoms with Gasteiger partial charge in [-0.3, -0.25) is 4.79 Å². The molecule has 2 saturated carbocycles. The lowest BCUT2D eigenvalue weighted by molar-refractivity contribution is -0.125. The van der Waals surface area contributed by atoms with Gasteiger partial charge in [0.15, 0.2) is 0 Å². The summed E-state index contributed by atoms with van der Waals surface area (Å²) in [6.45, 7) is 5.65. The largest absolute Gasteiger partial charge is 0.444 e. The van der Waals surface area contributed by atoms with Crippen molar-refractivity contribution in [3.63, 3.8) is 0 Å². The highest BCUT2D eigenvalue weighted by Gasteiger charge is 2.48. The predicted molar refractivity (Wildman–Crippen MR) is 72.9 cm³/mol. The molecule has 0 saturated heterocycles. The molecule has 1 spiro atoms. The predicted octanol–water partition coefficient (Wildman–Crippen LogP) is 3.15. The molecule has 0 radical (unpaired) electrons. The van der Waals surface area contributed by atoms with Crippen LogP contribution >= 0.6 is 0 Å². The van der Waals surface area contributed by atoms with Gasteiger partial charge in [-0.2, -0.15) is 0 Å². The fraction of sp³-hybridized carbons (Fsp3) is 0.867. The van der Waals surface area contributed by atoms with E-state index in [4.69, 9.17) is 4.74 Å². The van der Waals surface area contributed by atoms with E-state index in [9.17, 15) is 9.59 Å². The normalized spacial score (nSPS) is 23.1. The zero-order valence-corrected chi connectivity index (χ0v) is 12.5. The zero-order chi connectivity index (χ0) is 14.3. The second kappa shape index (κ2) is 4.80. The average molecular weight is 267 g/mol. The van der Waals surface area contributed by atoms with Gasteiger partial charge in [0.05, 0.1) is 0 Å². The first-order valence-electron chi connectivity index (χ1n) is 7.18. The molecule has 2 rings (SSSR count). The highest BCUT2D eigenvalue weighted by Crippen LogP contribution is 2.52. The maximum Gasteiger partial charge on any atom is 0.410 e. The lowest BCUT2D eigenvalue weighted by Crippen LogP contribution is -2.53. The van der Waals surface area contributed by atoms with Gasteiger partial charge >= 0.3 is 6.09 Å². The number of amides is 1. The third-order valence-corrected chi connectivity index (χ3v) is 4.43. The Morgan fingerprint density at radius 1 is 1.26 bits per heavy atom. The molecule has 2 fully saturated rings. The van der Waals surface area contributed by atoms with E-state index in [2.05, 4.69) is 0 Å². The van der Waals surface area contributed by atoms with Crippen molar-refractivity contribution >= 4 is 11.9 Å². The van der Waals surface area contributed by atoms with E-state index in [1.54, 1.807) is 4.90 Å². The molecule has 108 valence electrons. The summed E-state index contributed by atoms with van der Waals surface area (Å²) in [6.07, 6.45) is 5.27. The third kappa shape index (κ3) is 3.28. The molecule has 2 aliphatic rings. The molecular formula is C15H25NO3. The van der Waals surface area contributed by atoms with Gasteiger partial charge in [0.25, 0.3) is 0 Å². The monoisotopic (exact) mass is 267 g/mol. The molecule has 0 aliphatic heterocycles. The minimum absolute atomic E-state index is 0.237. The SMILES string of the molecule is CN(C(=O)OC(C)(C)C)C1CC2(CCC(=O)CC2)C1. The van der Waals surface area contributed by atoms with Crippen LogP contribution in [0.25, 0.3) is 0 Å². The summed E-state index contributed by atoms with van der Waals surface area (Å²) in [6, 6.07) is 0.281. The second-order valence-electron chi connectivity index (χ2n) is 7.19. The summed E-state index contributed by atoms with van der Waals surface area (Å²) in [5, 5.41) is 0. The number of ether oxygens (including phenoxy) is 1. The van der Waals surface area contributed by atoms with Crippen molar-refractivity contribution in [2.75, 3.05) is 7.05 Å². The van der Waals surface area contributed by atoms with Crippen LogP contribution < -0.4 is 0 Å². The number of Topliss-reactive ketones (excluding diaryl/α,β-unsaturated/α-hetero) is 1. The van der Waals surface area contributed by atoms with Crippen molar-refractivity contribution in [1.82, 2.24) is 4.90 Å². The van der Waals surface area contributed by atoms with E-state index in [0.717, 1.165) is 38.5 Å². The fourth-order valence-corrected chi connectivity index (χ4v) is 3.16. The molecule has 0 N–H and O–H groups in total. The number of carbonyl (C=O) groups is 2. The second-order valence-corrected chi connectivity index (χ2v) is 7.19. The molecule has 4 nitrogen and oxygen atoms in total. The summed E-state index contributed by atoms with van der Waals surface area (Å²) >= 11 is 0. The van der Waals surface area contributed by atoms with Crippen molar-refractivity contribution in [2.24, 2.45) is 5.41 Å². The minimum Gasteiger partial charge on any atom is -0.444 e. The van der Waals surface area contributed by atoms with Crippen molar-refractivity contribution in [3.05, 3.63) is 0 Å². The molecule has 2 aliphatic carbocycles. The molecular weight excluding hydrogens is 242 g/mol. The van der Waals surface area contributed by atoms with E-state index < -0.39 is 5.60 Å². The summed E-state index contributed by atoms with van der Waals surface area (Å²) in [4.78, 5) is 25.0. The fourth-order valence-electron chi connectivity index (χ4n) is 3.16. The Kier molecular flexibility index (Phi) is 3.63. The van der Waals surface area contributed by atoms with Crippen LogP contribution in [0.5, 0.6) is 0 Å². The Morgan fingerprint density at radius 2 is 1.79 bits per heavy atom. The highest BCUT2D eigenvalue weighted by molar-refractivity contribution is 5.79. The number of hydrogen-bond donors (Lipinski definition) is 0. The smallest absolute Gasteiger partial charge is 0.410 e. The third-order valence-electron chi connectivity index (χ3n) is 4.43. The van der Waals surface area contributed by atoms with Gasteiger partial charge in [-0.15, -0.1) is 0 Å². The van der Waals surface area contributed by atoms with E-state index in [0.29, 0.717) is 11.2 Å². The standard InChI is InChI=1S/C15H25NO3/c1-14(2,3)19-13(18)16(4)11-9-15(10-11)7-5-12(17)6-8-15/h11H,5-10H2,1-4H3. The minimum atomic E-state index is -0.440. The Bertz CT molecular complexity index is 365. The molecule has 0 bridgehead atoms. The van der Waals surface area contributed by atoms with Crippen LogP contribution in [-0.4, -0.2) is 35.5 Å². The Labute approximate surface area is 115 Å². The number of rotatable bonds is 1. The summed E-state index contributed by atoms with van der Waals surface area (Å²) in [7, 11) is 1.82. The topological polar surface area (TPSA) is 46.6 Å². The van der Waals surface area contributed by atoms with Crippen molar-refractivity contribution in [2.45, 2.75) is 70.9 Å². The van der Waals surface area contributed by atoms with E-state index in [1.807, 2.05) is 27.8 Å². The lowest BCUT2D eigenvalue weighted by atomic mass is 9.58. The summed E-state index contributed by atoms with van der Waals surface area (Å²) in [5.41, 5.74) is -0.112. The Hall–Kier alpha value is -1.06. The van der Waals surface area contributed by atoms with Crippen LogP contribution in [0, 0.1) is 5.41 Å². The van der Waals surface area contributed by atoms with Crippen LogP contribution in [0.4, 0.5) is 4.79 Å². The van der Waals surface area contributed by atoms with E-state index in [-0.39, 0.29) is 12.1 Å². The summed E-state index contributed by atoms with van der Waals surface area (Å²) in [5.74, 6) is 0.398. The van der Waals surface area contributed by atoms with Gasteiger partial charge in [0.2, 0.25) is 0 Å². The molecule has 0 unspecified atom stereocenters. The first-order chi connectivity index (χ1) is 8.71. The molecule has 1 amide bonds. The van der Waals surface area contributed by atoms with E-state index >= 15 is 0 Å². The van der Waals surface area contributed by atoms with Crippen LogP contribution in [-0.2, 0) is 9.53 Å². The first-order valence-corrected chi connectivity index (χ1v) is 7.18. The van der Waals surface area contributed by atoms with Gasteiger partial charge in [0, 0.05) is 25.9 Å². The molecule has 4 heteroatoms. The Morgan fingerprint density at radius 3 is 2.26 bits per heavy atom. The van der Waals surface area contributed by atoms with Crippen molar-refractivity contribution in [3.8, 4) is 0 Å². The quantitative estimate of drug-likeness (QED) is 0.733. The highest BCUT2D eigenvalue weighted by atomic mass is 16.6. The first kappa shape index (κ1) is 14.4. The molecule has 0 heterocycles. The molecule has 0 aromatic carbocycles. The molecule has 0 aromatic heterocycles. The summed E-state index contributed by atoms with van der Waals surface area (Å²) < 4.78 is 5.38. The number of carbonyl (C=O) groups excluding carboxylic acids is 2. The molecule has 0 atom stereocenters.